The first kappa shape index (κ1) is 16.8. The van der Waals surface area contributed by atoms with Crippen LogP contribution in [0.15, 0.2) is 18.2 Å². The molecule has 0 saturated carbocycles. The zero-order valence-electron chi connectivity index (χ0n) is 12.7. The molecule has 0 atom stereocenters. The smallest absolute Gasteiger partial charge is 0.340 e. The monoisotopic (exact) mass is 293 g/mol. The van der Waals surface area contributed by atoms with E-state index in [0.29, 0.717) is 30.8 Å². The molecular weight excluding hydrogens is 270 g/mol. The van der Waals surface area contributed by atoms with Crippen molar-refractivity contribution in [3.8, 4) is 0 Å². The summed E-state index contributed by atoms with van der Waals surface area (Å²) in [6.07, 6.45) is 0.358. The van der Waals surface area contributed by atoms with E-state index in [2.05, 4.69) is 10.6 Å². The highest BCUT2D eigenvalue weighted by Gasteiger charge is 2.11. The Hall–Kier alpha value is -2.24. The van der Waals surface area contributed by atoms with Crippen LogP contribution < -0.4 is 16.4 Å². The number of carbonyl (C=O) groups excluding carboxylic acids is 2. The fourth-order valence-electron chi connectivity index (χ4n) is 1.77. The number of esters is 1. The maximum atomic E-state index is 11.7. The first-order valence-electron chi connectivity index (χ1n) is 7.04. The number of rotatable bonds is 7. The van der Waals surface area contributed by atoms with E-state index in [1.54, 1.807) is 25.1 Å². The molecule has 1 rings (SSSR count). The summed E-state index contributed by atoms with van der Waals surface area (Å²) < 4.78 is 4.94. The molecule has 6 heteroatoms. The van der Waals surface area contributed by atoms with Gasteiger partial charge in [-0.15, -0.1) is 0 Å². The number of benzene rings is 1. The van der Waals surface area contributed by atoms with Crippen molar-refractivity contribution in [2.24, 2.45) is 0 Å². The second-order valence-electron chi connectivity index (χ2n) is 4.92. The molecule has 0 aromatic heterocycles. The first-order valence-corrected chi connectivity index (χ1v) is 7.04. The molecule has 0 heterocycles. The summed E-state index contributed by atoms with van der Waals surface area (Å²) >= 11 is 0. The Morgan fingerprint density at radius 3 is 2.67 bits per heavy atom. The van der Waals surface area contributed by atoms with Gasteiger partial charge in [0.05, 0.1) is 12.2 Å². The summed E-state index contributed by atoms with van der Waals surface area (Å²) in [7, 11) is 0. The summed E-state index contributed by atoms with van der Waals surface area (Å²) in [6.45, 7) is 6.34. The molecule has 0 aliphatic carbocycles. The van der Waals surface area contributed by atoms with Crippen LogP contribution in [-0.4, -0.2) is 31.1 Å². The lowest BCUT2D eigenvalue weighted by molar-refractivity contribution is -0.121. The fourth-order valence-corrected chi connectivity index (χ4v) is 1.77. The number of ether oxygens (including phenoxy) is 1. The Bertz CT molecular complexity index is 501. The van der Waals surface area contributed by atoms with Gasteiger partial charge in [-0.2, -0.15) is 0 Å². The molecule has 0 fully saturated rings. The van der Waals surface area contributed by atoms with E-state index in [1.165, 1.54) is 0 Å². The summed E-state index contributed by atoms with van der Waals surface area (Å²) in [5.74, 6) is -0.463. The highest BCUT2D eigenvalue weighted by molar-refractivity contribution is 5.96. The van der Waals surface area contributed by atoms with E-state index in [9.17, 15) is 9.59 Å². The van der Waals surface area contributed by atoms with Crippen LogP contribution in [0.2, 0.25) is 0 Å². The second-order valence-corrected chi connectivity index (χ2v) is 4.92. The normalized spacial score (nSPS) is 10.3. The number of nitrogens with one attached hydrogen (secondary N) is 2. The first-order chi connectivity index (χ1) is 9.93. The molecular formula is C15H23N3O3. The predicted molar refractivity (Wildman–Crippen MR) is 83.2 cm³/mol. The number of amides is 1. The molecule has 6 nitrogen and oxygen atoms in total. The van der Waals surface area contributed by atoms with Crippen molar-refractivity contribution < 1.29 is 14.3 Å². The molecule has 1 aromatic carbocycles. The number of nitrogens with two attached hydrogens (primary N) is 1. The van der Waals surface area contributed by atoms with Gasteiger partial charge in [-0.1, -0.05) is 0 Å². The van der Waals surface area contributed by atoms with E-state index >= 15 is 0 Å². The molecule has 4 N–H and O–H groups in total. The van der Waals surface area contributed by atoms with Crippen molar-refractivity contribution in [1.82, 2.24) is 5.32 Å². The summed E-state index contributed by atoms with van der Waals surface area (Å²) in [4.78, 5) is 23.2. The van der Waals surface area contributed by atoms with Crippen molar-refractivity contribution in [1.29, 1.82) is 0 Å². The molecule has 116 valence electrons. The maximum Gasteiger partial charge on any atom is 0.340 e. The lowest BCUT2D eigenvalue weighted by Gasteiger charge is -2.11. The Labute approximate surface area is 125 Å². The minimum atomic E-state index is -0.448. The zero-order valence-corrected chi connectivity index (χ0v) is 12.7. The lowest BCUT2D eigenvalue weighted by atomic mass is 10.1. The number of carbonyl (C=O) groups is 2. The van der Waals surface area contributed by atoms with Gasteiger partial charge in [0.2, 0.25) is 5.91 Å². The van der Waals surface area contributed by atoms with Crippen LogP contribution in [-0.2, 0) is 9.53 Å². The minimum Gasteiger partial charge on any atom is -0.462 e. The maximum absolute atomic E-state index is 11.7. The Kier molecular flexibility index (Phi) is 6.52. The summed E-state index contributed by atoms with van der Waals surface area (Å²) in [5.41, 5.74) is 7.19. The van der Waals surface area contributed by atoms with Crippen LogP contribution in [0.3, 0.4) is 0 Å². The van der Waals surface area contributed by atoms with Crippen LogP contribution in [0.1, 0.15) is 37.6 Å². The number of anilines is 2. The van der Waals surface area contributed by atoms with E-state index in [4.69, 9.17) is 10.5 Å². The van der Waals surface area contributed by atoms with Gasteiger partial charge >= 0.3 is 5.97 Å². The number of hydrogen-bond donors (Lipinski definition) is 3. The number of nitrogen functional groups attached to an aromatic ring is 1. The van der Waals surface area contributed by atoms with Gasteiger partial charge in [0.25, 0.3) is 0 Å². The van der Waals surface area contributed by atoms with E-state index in [0.717, 1.165) is 5.69 Å². The second kappa shape index (κ2) is 8.14. The molecule has 1 aromatic rings. The van der Waals surface area contributed by atoms with Crippen molar-refractivity contribution in [2.75, 3.05) is 24.2 Å². The Morgan fingerprint density at radius 1 is 1.33 bits per heavy atom. The minimum absolute atomic E-state index is 0.0152. The van der Waals surface area contributed by atoms with Gasteiger partial charge < -0.3 is 21.1 Å². The molecule has 0 saturated heterocycles. The topological polar surface area (TPSA) is 93.4 Å². The van der Waals surface area contributed by atoms with E-state index in [-0.39, 0.29) is 11.9 Å². The molecule has 0 aliphatic rings. The lowest BCUT2D eigenvalue weighted by Crippen LogP contribution is -2.31. The molecule has 0 unspecified atom stereocenters. The van der Waals surface area contributed by atoms with Crippen molar-refractivity contribution in [3.05, 3.63) is 23.8 Å². The molecule has 0 aliphatic heterocycles. The third-order valence-corrected chi connectivity index (χ3v) is 2.68. The van der Waals surface area contributed by atoms with Gasteiger partial charge in [-0.05, 0) is 39.0 Å². The average Bonchev–Trinajstić information content (AvgIpc) is 2.40. The number of hydrogen-bond acceptors (Lipinski definition) is 5. The largest absolute Gasteiger partial charge is 0.462 e. The quantitative estimate of drug-likeness (QED) is 0.526. The highest BCUT2D eigenvalue weighted by atomic mass is 16.5. The Morgan fingerprint density at radius 2 is 2.05 bits per heavy atom. The molecule has 1 amide bonds. The summed E-state index contributed by atoms with van der Waals surface area (Å²) in [6, 6.07) is 5.17. The van der Waals surface area contributed by atoms with Gasteiger partial charge in [0.1, 0.15) is 0 Å². The summed E-state index contributed by atoms with van der Waals surface area (Å²) in [5, 5.41) is 5.90. The van der Waals surface area contributed by atoms with Crippen LogP contribution >= 0.6 is 0 Å². The molecule has 21 heavy (non-hydrogen) atoms. The van der Waals surface area contributed by atoms with Gasteiger partial charge in [0.15, 0.2) is 0 Å². The third-order valence-electron chi connectivity index (χ3n) is 2.68. The fraction of sp³-hybridized carbons (Fsp3) is 0.467. The average molecular weight is 293 g/mol. The predicted octanol–water partition coefficient (Wildman–Crippen LogP) is 1.77. The van der Waals surface area contributed by atoms with Crippen LogP contribution in [0.25, 0.3) is 0 Å². The van der Waals surface area contributed by atoms with Gasteiger partial charge in [0, 0.05) is 30.4 Å². The SMILES string of the molecule is CCOC(=O)c1cc(NCCC(=O)NC(C)C)ccc1N. The van der Waals surface area contributed by atoms with E-state index < -0.39 is 5.97 Å². The van der Waals surface area contributed by atoms with Crippen LogP contribution in [0.5, 0.6) is 0 Å². The van der Waals surface area contributed by atoms with Gasteiger partial charge in [-0.25, -0.2) is 4.79 Å². The van der Waals surface area contributed by atoms with Crippen molar-refractivity contribution in [3.63, 3.8) is 0 Å². The molecule has 0 radical (unpaired) electrons. The standard InChI is InChI=1S/C15H23N3O3/c1-4-21-15(20)12-9-11(5-6-13(12)16)17-8-7-14(19)18-10(2)3/h5-6,9-10,17H,4,7-8,16H2,1-3H3,(H,18,19). The van der Waals surface area contributed by atoms with Crippen LogP contribution in [0.4, 0.5) is 11.4 Å². The van der Waals surface area contributed by atoms with Gasteiger partial charge in [-0.3, -0.25) is 4.79 Å². The molecule has 0 spiro atoms. The molecule has 0 bridgehead atoms. The third kappa shape index (κ3) is 5.72. The van der Waals surface area contributed by atoms with Crippen molar-refractivity contribution in [2.45, 2.75) is 33.2 Å². The zero-order chi connectivity index (χ0) is 15.8. The van der Waals surface area contributed by atoms with E-state index in [1.807, 2.05) is 13.8 Å². The van der Waals surface area contributed by atoms with Crippen molar-refractivity contribution >= 4 is 23.3 Å². The Balaban J connectivity index is 2.58. The highest BCUT2D eigenvalue weighted by Crippen LogP contribution is 2.18. The van der Waals surface area contributed by atoms with Crippen LogP contribution in [0, 0.1) is 0 Å².